The van der Waals surface area contributed by atoms with Gasteiger partial charge in [-0.2, -0.15) is 0 Å². The van der Waals surface area contributed by atoms with Crippen LogP contribution in [-0.4, -0.2) is 17.8 Å². The first kappa shape index (κ1) is 14.1. The van der Waals surface area contributed by atoms with E-state index in [1.165, 1.54) is 43.2 Å². The zero-order valence-corrected chi connectivity index (χ0v) is 12.7. The zero-order valence-electron chi connectivity index (χ0n) is 12.7. The predicted molar refractivity (Wildman–Crippen MR) is 82.6 cm³/mol. The molecule has 0 saturated heterocycles. The van der Waals surface area contributed by atoms with Crippen LogP contribution in [0.2, 0.25) is 0 Å². The van der Waals surface area contributed by atoms with Crippen molar-refractivity contribution in [2.45, 2.75) is 58.0 Å². The van der Waals surface area contributed by atoms with Gasteiger partial charge in [-0.3, -0.25) is 0 Å². The number of aliphatic hydroxyl groups excluding tert-OH is 1. The Morgan fingerprint density at radius 1 is 1.25 bits per heavy atom. The summed E-state index contributed by atoms with van der Waals surface area (Å²) in [4.78, 5) is 0. The van der Waals surface area contributed by atoms with Gasteiger partial charge in [0, 0.05) is 18.7 Å². The molecule has 0 heterocycles. The maximum absolute atomic E-state index is 9.55. The van der Waals surface area contributed by atoms with Crippen LogP contribution in [0.25, 0.3) is 0 Å². The van der Waals surface area contributed by atoms with Gasteiger partial charge in [-0.15, -0.1) is 0 Å². The Balaban J connectivity index is 1.86. The SMILES string of the molecule is CC1(C)CCc2ccccc2C1NC1CCCC1CO. The molecule has 20 heavy (non-hydrogen) atoms. The van der Waals surface area contributed by atoms with Gasteiger partial charge in [-0.25, -0.2) is 0 Å². The topological polar surface area (TPSA) is 32.3 Å². The van der Waals surface area contributed by atoms with Crippen LogP contribution < -0.4 is 5.32 Å². The van der Waals surface area contributed by atoms with Crippen molar-refractivity contribution in [3.8, 4) is 0 Å². The van der Waals surface area contributed by atoms with Crippen LogP contribution in [0.5, 0.6) is 0 Å². The number of hydrogen-bond donors (Lipinski definition) is 2. The molecule has 2 aliphatic rings. The Morgan fingerprint density at radius 2 is 2.05 bits per heavy atom. The highest BCUT2D eigenvalue weighted by molar-refractivity contribution is 5.34. The molecular weight excluding hydrogens is 246 g/mol. The Kier molecular flexibility index (Phi) is 3.87. The summed E-state index contributed by atoms with van der Waals surface area (Å²) in [7, 11) is 0. The average molecular weight is 273 g/mol. The second-order valence-corrected chi connectivity index (χ2v) is 7.27. The number of hydrogen-bond acceptors (Lipinski definition) is 2. The van der Waals surface area contributed by atoms with E-state index >= 15 is 0 Å². The molecule has 1 aromatic rings. The number of fused-ring (bicyclic) bond motifs is 1. The van der Waals surface area contributed by atoms with Gasteiger partial charge in [-0.1, -0.05) is 44.5 Å². The molecule has 0 bridgehead atoms. The lowest BCUT2D eigenvalue weighted by Crippen LogP contribution is -2.45. The van der Waals surface area contributed by atoms with Gasteiger partial charge in [0.25, 0.3) is 0 Å². The van der Waals surface area contributed by atoms with E-state index in [0.717, 1.165) is 0 Å². The van der Waals surface area contributed by atoms with E-state index in [-0.39, 0.29) is 5.41 Å². The Bertz CT molecular complexity index is 468. The van der Waals surface area contributed by atoms with Crippen LogP contribution in [-0.2, 0) is 6.42 Å². The third-order valence-corrected chi connectivity index (χ3v) is 5.46. The second-order valence-electron chi connectivity index (χ2n) is 7.27. The summed E-state index contributed by atoms with van der Waals surface area (Å²) in [6, 6.07) is 9.78. The monoisotopic (exact) mass is 273 g/mol. The van der Waals surface area contributed by atoms with Crippen LogP contribution in [0.15, 0.2) is 24.3 Å². The van der Waals surface area contributed by atoms with E-state index in [1.807, 2.05) is 0 Å². The van der Waals surface area contributed by atoms with Crippen LogP contribution in [0.4, 0.5) is 0 Å². The van der Waals surface area contributed by atoms with Gasteiger partial charge < -0.3 is 10.4 Å². The molecule has 2 N–H and O–H groups in total. The van der Waals surface area contributed by atoms with E-state index < -0.39 is 0 Å². The molecule has 3 unspecified atom stereocenters. The third-order valence-electron chi connectivity index (χ3n) is 5.46. The lowest BCUT2D eigenvalue weighted by Gasteiger charge is -2.43. The summed E-state index contributed by atoms with van der Waals surface area (Å²) >= 11 is 0. The smallest absolute Gasteiger partial charge is 0.0474 e. The summed E-state index contributed by atoms with van der Waals surface area (Å²) in [5.41, 5.74) is 3.27. The lowest BCUT2D eigenvalue weighted by atomic mass is 9.70. The fourth-order valence-electron chi connectivity index (χ4n) is 4.07. The first-order valence-corrected chi connectivity index (χ1v) is 8.06. The Morgan fingerprint density at radius 3 is 2.85 bits per heavy atom. The van der Waals surface area contributed by atoms with Gasteiger partial charge in [0.1, 0.15) is 0 Å². The van der Waals surface area contributed by atoms with Gasteiger partial charge >= 0.3 is 0 Å². The van der Waals surface area contributed by atoms with Crippen LogP contribution in [0.1, 0.15) is 56.7 Å². The van der Waals surface area contributed by atoms with Crippen molar-refractivity contribution < 1.29 is 5.11 Å². The van der Waals surface area contributed by atoms with E-state index in [4.69, 9.17) is 0 Å². The van der Waals surface area contributed by atoms with Crippen LogP contribution >= 0.6 is 0 Å². The van der Waals surface area contributed by atoms with Gasteiger partial charge in [0.05, 0.1) is 0 Å². The molecule has 0 radical (unpaired) electrons. The molecule has 3 rings (SSSR count). The molecule has 1 fully saturated rings. The third kappa shape index (κ3) is 2.51. The average Bonchev–Trinajstić information content (AvgIpc) is 2.89. The highest BCUT2D eigenvalue weighted by Crippen LogP contribution is 2.44. The summed E-state index contributed by atoms with van der Waals surface area (Å²) in [6.45, 7) is 5.08. The lowest BCUT2D eigenvalue weighted by molar-refractivity contribution is 0.154. The highest BCUT2D eigenvalue weighted by Gasteiger charge is 2.38. The minimum Gasteiger partial charge on any atom is -0.396 e. The minimum absolute atomic E-state index is 0.289. The normalized spacial score (nSPS) is 32.0. The molecule has 0 amide bonds. The van der Waals surface area contributed by atoms with Crippen molar-refractivity contribution >= 4 is 0 Å². The Labute approximate surface area is 122 Å². The molecule has 1 aromatic carbocycles. The van der Waals surface area contributed by atoms with E-state index in [0.29, 0.717) is 24.6 Å². The van der Waals surface area contributed by atoms with Crippen molar-refractivity contribution in [2.75, 3.05) is 6.61 Å². The predicted octanol–water partition coefficient (Wildman–Crippen LogP) is 3.45. The molecule has 0 aliphatic heterocycles. The van der Waals surface area contributed by atoms with Crippen molar-refractivity contribution in [2.24, 2.45) is 11.3 Å². The Hall–Kier alpha value is -0.860. The summed E-state index contributed by atoms with van der Waals surface area (Å²) in [5.74, 6) is 0.444. The summed E-state index contributed by atoms with van der Waals surface area (Å²) < 4.78 is 0. The first-order valence-electron chi connectivity index (χ1n) is 8.06. The number of benzene rings is 1. The molecule has 2 aliphatic carbocycles. The van der Waals surface area contributed by atoms with Crippen LogP contribution in [0, 0.1) is 11.3 Å². The highest BCUT2D eigenvalue weighted by atomic mass is 16.3. The molecular formula is C18H27NO. The molecule has 1 saturated carbocycles. The zero-order chi connectivity index (χ0) is 14.2. The van der Waals surface area contributed by atoms with Crippen molar-refractivity contribution in [3.05, 3.63) is 35.4 Å². The molecule has 110 valence electrons. The van der Waals surface area contributed by atoms with Crippen molar-refractivity contribution in [1.29, 1.82) is 0 Å². The molecule has 0 spiro atoms. The molecule has 0 aromatic heterocycles. The van der Waals surface area contributed by atoms with Crippen LogP contribution in [0.3, 0.4) is 0 Å². The van der Waals surface area contributed by atoms with Gasteiger partial charge in [0.15, 0.2) is 0 Å². The fourth-order valence-corrected chi connectivity index (χ4v) is 4.07. The molecule has 3 atom stereocenters. The first-order chi connectivity index (χ1) is 9.62. The number of rotatable bonds is 3. The van der Waals surface area contributed by atoms with E-state index in [1.54, 1.807) is 0 Å². The fraction of sp³-hybridized carbons (Fsp3) is 0.667. The number of aliphatic hydroxyl groups is 1. The quantitative estimate of drug-likeness (QED) is 0.884. The standard InChI is InChI=1S/C18H27NO/c1-18(2)11-10-13-6-3-4-8-15(13)17(18)19-16-9-5-7-14(16)12-20/h3-4,6,8,14,16-17,19-20H,5,7,9-12H2,1-2H3. The van der Waals surface area contributed by atoms with Crippen molar-refractivity contribution in [3.63, 3.8) is 0 Å². The summed E-state index contributed by atoms with van der Waals surface area (Å²) in [6.07, 6.45) is 6.05. The molecule has 2 heteroatoms. The summed E-state index contributed by atoms with van der Waals surface area (Å²) in [5, 5.41) is 13.5. The van der Waals surface area contributed by atoms with Gasteiger partial charge in [-0.05, 0) is 48.1 Å². The largest absolute Gasteiger partial charge is 0.396 e. The number of aryl methyl sites for hydroxylation is 1. The molecule has 2 nitrogen and oxygen atoms in total. The maximum atomic E-state index is 9.55. The van der Waals surface area contributed by atoms with E-state index in [9.17, 15) is 5.11 Å². The number of nitrogens with one attached hydrogen (secondary N) is 1. The van der Waals surface area contributed by atoms with Gasteiger partial charge in [0.2, 0.25) is 0 Å². The van der Waals surface area contributed by atoms with Crippen molar-refractivity contribution in [1.82, 2.24) is 5.32 Å². The minimum atomic E-state index is 0.289. The second kappa shape index (κ2) is 5.50. The maximum Gasteiger partial charge on any atom is 0.0474 e. The van der Waals surface area contributed by atoms with E-state index in [2.05, 4.69) is 43.4 Å².